The quantitative estimate of drug-likeness (QED) is 0.425. The lowest BCUT2D eigenvalue weighted by Gasteiger charge is -2.10. The highest BCUT2D eigenvalue weighted by atomic mass is 16.6. The molecule has 0 aliphatic carbocycles. The van der Waals surface area contributed by atoms with Crippen molar-refractivity contribution in [2.24, 2.45) is 0 Å². The van der Waals surface area contributed by atoms with Gasteiger partial charge in [-0.2, -0.15) is 0 Å². The number of esters is 1. The van der Waals surface area contributed by atoms with Crippen molar-refractivity contribution in [2.45, 2.75) is 27.4 Å². The summed E-state index contributed by atoms with van der Waals surface area (Å²) in [5.74, 6) is 1.79. The summed E-state index contributed by atoms with van der Waals surface area (Å²) in [7, 11) is 0. The topological polar surface area (TPSA) is 70.8 Å². The Morgan fingerprint density at radius 2 is 1.71 bits per heavy atom. The molecule has 3 rings (SSSR count). The molecule has 2 aromatic carbocycles. The minimum atomic E-state index is -0.398. The maximum absolute atomic E-state index is 12.1. The van der Waals surface area contributed by atoms with E-state index in [9.17, 15) is 4.79 Å². The van der Waals surface area contributed by atoms with Gasteiger partial charge in [-0.3, -0.25) is 0 Å². The SMILES string of the molecule is Cc1ccccc1OCCOC(=O)c1ccc(OCc2c(C)noc2C)cc1. The fourth-order valence-electron chi connectivity index (χ4n) is 2.64. The lowest BCUT2D eigenvalue weighted by Crippen LogP contribution is -2.12. The van der Waals surface area contributed by atoms with E-state index in [0.29, 0.717) is 24.5 Å². The van der Waals surface area contributed by atoms with Crippen molar-refractivity contribution in [3.63, 3.8) is 0 Å². The van der Waals surface area contributed by atoms with Gasteiger partial charge in [0, 0.05) is 0 Å². The largest absolute Gasteiger partial charge is 0.490 e. The smallest absolute Gasteiger partial charge is 0.338 e. The second kappa shape index (κ2) is 9.08. The minimum Gasteiger partial charge on any atom is -0.490 e. The number of hydrogen-bond acceptors (Lipinski definition) is 6. The molecule has 0 spiro atoms. The Morgan fingerprint density at radius 3 is 2.39 bits per heavy atom. The number of carbonyl (C=O) groups is 1. The number of aryl methyl sites for hydroxylation is 3. The Kier molecular flexibility index (Phi) is 6.32. The average Bonchev–Trinajstić information content (AvgIpc) is 3.02. The molecule has 0 saturated carbocycles. The van der Waals surface area contributed by atoms with Crippen molar-refractivity contribution in [2.75, 3.05) is 13.2 Å². The number of para-hydroxylation sites is 1. The molecule has 0 atom stereocenters. The third-order valence-electron chi connectivity index (χ3n) is 4.32. The first kappa shape index (κ1) is 19.5. The van der Waals surface area contributed by atoms with E-state index < -0.39 is 5.97 Å². The maximum Gasteiger partial charge on any atom is 0.338 e. The molecule has 1 aromatic heterocycles. The Bertz CT molecular complexity index is 911. The van der Waals surface area contributed by atoms with Crippen LogP contribution in [-0.2, 0) is 11.3 Å². The van der Waals surface area contributed by atoms with Gasteiger partial charge in [-0.25, -0.2) is 4.79 Å². The second-order valence-electron chi connectivity index (χ2n) is 6.37. The summed E-state index contributed by atoms with van der Waals surface area (Å²) in [6, 6.07) is 14.5. The van der Waals surface area contributed by atoms with E-state index in [4.69, 9.17) is 18.7 Å². The zero-order chi connectivity index (χ0) is 19.9. The van der Waals surface area contributed by atoms with Crippen LogP contribution in [0.5, 0.6) is 11.5 Å². The molecule has 6 heteroatoms. The first-order chi connectivity index (χ1) is 13.5. The zero-order valence-corrected chi connectivity index (χ0v) is 16.2. The summed E-state index contributed by atoms with van der Waals surface area (Å²) in [6.07, 6.45) is 0. The summed E-state index contributed by atoms with van der Waals surface area (Å²) in [4.78, 5) is 12.1. The Balaban J connectivity index is 1.45. The lowest BCUT2D eigenvalue weighted by atomic mass is 10.2. The van der Waals surface area contributed by atoms with Crippen LogP contribution in [-0.4, -0.2) is 24.3 Å². The molecule has 0 bridgehead atoms. The van der Waals surface area contributed by atoms with Crippen LogP contribution in [0.25, 0.3) is 0 Å². The van der Waals surface area contributed by atoms with Crippen LogP contribution in [0.4, 0.5) is 0 Å². The third kappa shape index (κ3) is 4.91. The van der Waals surface area contributed by atoms with Crippen LogP contribution < -0.4 is 9.47 Å². The lowest BCUT2D eigenvalue weighted by molar-refractivity contribution is 0.0450. The van der Waals surface area contributed by atoms with Gasteiger partial charge in [-0.05, 0) is 56.7 Å². The van der Waals surface area contributed by atoms with Gasteiger partial charge in [0.15, 0.2) is 0 Å². The first-order valence-corrected chi connectivity index (χ1v) is 9.05. The number of nitrogens with zero attached hydrogens (tertiary/aromatic N) is 1. The van der Waals surface area contributed by atoms with Crippen molar-refractivity contribution in [3.8, 4) is 11.5 Å². The summed E-state index contributed by atoms with van der Waals surface area (Å²) in [5.41, 5.74) is 3.24. The number of rotatable bonds is 8. The predicted octanol–water partition coefficient (Wildman–Crippen LogP) is 4.41. The van der Waals surface area contributed by atoms with Gasteiger partial charge in [0.25, 0.3) is 0 Å². The van der Waals surface area contributed by atoms with Crippen LogP contribution in [0, 0.1) is 20.8 Å². The molecule has 0 fully saturated rings. The zero-order valence-electron chi connectivity index (χ0n) is 16.2. The predicted molar refractivity (Wildman–Crippen MR) is 104 cm³/mol. The maximum atomic E-state index is 12.1. The molecule has 0 saturated heterocycles. The summed E-state index contributed by atoms with van der Waals surface area (Å²) in [5, 5.41) is 3.90. The first-order valence-electron chi connectivity index (χ1n) is 9.05. The minimum absolute atomic E-state index is 0.178. The summed E-state index contributed by atoms with van der Waals surface area (Å²) < 4.78 is 21.7. The van der Waals surface area contributed by atoms with E-state index in [1.165, 1.54) is 0 Å². The van der Waals surface area contributed by atoms with Crippen molar-refractivity contribution in [1.29, 1.82) is 0 Å². The number of carbonyl (C=O) groups excluding carboxylic acids is 1. The molecule has 0 radical (unpaired) electrons. The number of hydrogen-bond donors (Lipinski definition) is 0. The monoisotopic (exact) mass is 381 g/mol. The Hall–Kier alpha value is -3.28. The van der Waals surface area contributed by atoms with Gasteiger partial charge in [0.1, 0.15) is 37.1 Å². The molecule has 3 aromatic rings. The molecule has 0 aliphatic rings. The molecule has 0 amide bonds. The van der Waals surface area contributed by atoms with Crippen LogP contribution in [0.15, 0.2) is 53.1 Å². The van der Waals surface area contributed by atoms with Crippen LogP contribution in [0.2, 0.25) is 0 Å². The van der Waals surface area contributed by atoms with Gasteiger partial charge in [-0.1, -0.05) is 23.4 Å². The van der Waals surface area contributed by atoms with E-state index >= 15 is 0 Å². The van der Waals surface area contributed by atoms with Gasteiger partial charge >= 0.3 is 5.97 Å². The molecule has 0 aliphatic heterocycles. The highest BCUT2D eigenvalue weighted by Crippen LogP contribution is 2.19. The Morgan fingerprint density at radius 1 is 0.964 bits per heavy atom. The van der Waals surface area contributed by atoms with Crippen molar-refractivity contribution < 1.29 is 23.5 Å². The van der Waals surface area contributed by atoms with Crippen LogP contribution in [0.3, 0.4) is 0 Å². The van der Waals surface area contributed by atoms with E-state index in [1.807, 2.05) is 45.0 Å². The van der Waals surface area contributed by atoms with Crippen LogP contribution >= 0.6 is 0 Å². The molecule has 6 nitrogen and oxygen atoms in total. The molecule has 0 N–H and O–H groups in total. The average molecular weight is 381 g/mol. The second-order valence-corrected chi connectivity index (χ2v) is 6.37. The van der Waals surface area contributed by atoms with E-state index in [1.54, 1.807) is 24.3 Å². The highest BCUT2D eigenvalue weighted by Gasteiger charge is 2.11. The van der Waals surface area contributed by atoms with Crippen molar-refractivity contribution in [1.82, 2.24) is 5.16 Å². The normalized spacial score (nSPS) is 10.5. The van der Waals surface area contributed by atoms with Gasteiger partial charge < -0.3 is 18.7 Å². The molecular weight excluding hydrogens is 358 g/mol. The molecule has 146 valence electrons. The van der Waals surface area contributed by atoms with Crippen molar-refractivity contribution >= 4 is 5.97 Å². The summed E-state index contributed by atoms with van der Waals surface area (Å²) in [6.45, 7) is 6.53. The molecule has 1 heterocycles. The van der Waals surface area contributed by atoms with E-state index in [2.05, 4.69) is 5.16 Å². The van der Waals surface area contributed by atoms with Crippen LogP contribution in [0.1, 0.15) is 32.9 Å². The number of ether oxygens (including phenoxy) is 3. The van der Waals surface area contributed by atoms with E-state index in [-0.39, 0.29) is 6.61 Å². The Labute approximate surface area is 164 Å². The van der Waals surface area contributed by atoms with Gasteiger partial charge in [-0.15, -0.1) is 0 Å². The van der Waals surface area contributed by atoms with E-state index in [0.717, 1.165) is 28.3 Å². The standard InChI is InChI=1S/C22H23NO5/c1-15-6-4-5-7-21(15)25-12-13-26-22(24)18-8-10-19(11-9-18)27-14-20-16(2)23-28-17(20)3/h4-11H,12-14H2,1-3H3. The van der Waals surface area contributed by atoms with Crippen molar-refractivity contribution in [3.05, 3.63) is 76.7 Å². The number of benzene rings is 2. The molecule has 28 heavy (non-hydrogen) atoms. The fraction of sp³-hybridized carbons (Fsp3) is 0.273. The highest BCUT2D eigenvalue weighted by molar-refractivity contribution is 5.89. The van der Waals surface area contributed by atoms with Gasteiger partial charge in [0.2, 0.25) is 0 Å². The third-order valence-corrected chi connectivity index (χ3v) is 4.32. The fourth-order valence-corrected chi connectivity index (χ4v) is 2.64. The molecule has 0 unspecified atom stereocenters. The molecular formula is C22H23NO5. The number of aromatic nitrogens is 1. The van der Waals surface area contributed by atoms with Gasteiger partial charge in [0.05, 0.1) is 16.8 Å². The summed E-state index contributed by atoms with van der Waals surface area (Å²) >= 11 is 0.